The van der Waals surface area contributed by atoms with Crippen molar-refractivity contribution in [3.8, 4) is 5.75 Å². The van der Waals surface area contributed by atoms with Crippen LogP contribution in [-0.2, 0) is 12.8 Å². The maximum Gasteiger partial charge on any atom is 0.124 e. The van der Waals surface area contributed by atoms with Crippen LogP contribution in [0.1, 0.15) is 11.1 Å². The number of phenols is 1. The monoisotopic (exact) mass is 254 g/mol. The summed E-state index contributed by atoms with van der Waals surface area (Å²) in [6.07, 6.45) is 1.99. The van der Waals surface area contributed by atoms with Gasteiger partial charge in [-0.3, -0.25) is 0 Å². The molecule has 3 rings (SSSR count). The smallest absolute Gasteiger partial charge is 0.124 e. The first-order chi connectivity index (χ1) is 8.84. The third kappa shape index (κ3) is 2.12. The molecule has 0 bridgehead atoms. The molecule has 1 heterocycles. The summed E-state index contributed by atoms with van der Waals surface area (Å²) in [4.78, 5) is 0. The van der Waals surface area contributed by atoms with E-state index < -0.39 is 0 Å². The Morgan fingerprint density at radius 2 is 1.72 bits per heavy atom. The van der Waals surface area contributed by atoms with E-state index in [9.17, 15) is 5.11 Å². The largest absolute Gasteiger partial charge is 0.507 e. The number of thiophene rings is 1. The van der Waals surface area contributed by atoms with E-state index in [0.717, 1.165) is 22.9 Å². The number of hydrogen-bond acceptors (Lipinski definition) is 2. The summed E-state index contributed by atoms with van der Waals surface area (Å²) in [7, 11) is 0. The van der Waals surface area contributed by atoms with Gasteiger partial charge in [0.1, 0.15) is 5.75 Å². The van der Waals surface area contributed by atoms with Gasteiger partial charge in [0.25, 0.3) is 0 Å². The summed E-state index contributed by atoms with van der Waals surface area (Å²) in [6.45, 7) is 0. The van der Waals surface area contributed by atoms with Crippen molar-refractivity contribution in [3.05, 3.63) is 65.0 Å². The van der Waals surface area contributed by atoms with Crippen molar-refractivity contribution < 1.29 is 5.11 Å². The molecule has 3 aromatic rings. The lowest BCUT2D eigenvalue weighted by Crippen LogP contribution is -1.89. The fourth-order valence-electron chi connectivity index (χ4n) is 2.24. The van der Waals surface area contributed by atoms with Crippen LogP contribution in [0.2, 0.25) is 0 Å². The van der Waals surface area contributed by atoms with Crippen molar-refractivity contribution in [1.82, 2.24) is 0 Å². The van der Waals surface area contributed by atoms with E-state index in [-0.39, 0.29) is 0 Å². The number of hydrogen-bond donors (Lipinski definition) is 1. The molecule has 1 nitrogen and oxygen atoms in total. The Morgan fingerprint density at radius 3 is 2.56 bits per heavy atom. The first-order valence-corrected chi connectivity index (χ1v) is 6.94. The van der Waals surface area contributed by atoms with Crippen LogP contribution in [0.15, 0.2) is 53.9 Å². The molecule has 0 spiro atoms. The molecule has 0 aliphatic heterocycles. The van der Waals surface area contributed by atoms with Crippen LogP contribution in [-0.4, -0.2) is 5.11 Å². The van der Waals surface area contributed by atoms with Gasteiger partial charge in [-0.25, -0.2) is 0 Å². The van der Waals surface area contributed by atoms with Gasteiger partial charge in [-0.05, 0) is 41.5 Å². The molecule has 0 aliphatic carbocycles. The Balaban J connectivity index is 1.87. The zero-order valence-electron chi connectivity index (χ0n) is 9.97. The lowest BCUT2D eigenvalue weighted by atomic mass is 10.0. The molecule has 1 aromatic heterocycles. The van der Waals surface area contributed by atoms with Gasteiger partial charge in [0.2, 0.25) is 0 Å². The summed E-state index contributed by atoms with van der Waals surface area (Å²) >= 11 is 1.70. The summed E-state index contributed by atoms with van der Waals surface area (Å²) in [5.74, 6) is 0.400. The predicted octanol–water partition coefficient (Wildman–Crippen LogP) is 4.39. The standard InChI is InChI=1S/C16H14OS/c17-14-7-4-8-15-16(14)13(11-18-15)10-9-12-5-2-1-3-6-12/h1-8,11,17H,9-10H2. The van der Waals surface area contributed by atoms with E-state index in [1.165, 1.54) is 11.1 Å². The fraction of sp³-hybridized carbons (Fsp3) is 0.125. The lowest BCUT2D eigenvalue weighted by molar-refractivity contribution is 0.481. The number of phenolic OH excluding ortho intramolecular Hbond substituents is 1. The van der Waals surface area contributed by atoms with Gasteiger partial charge in [-0.2, -0.15) is 0 Å². The van der Waals surface area contributed by atoms with Crippen LogP contribution >= 0.6 is 11.3 Å². The van der Waals surface area contributed by atoms with E-state index in [1.807, 2.05) is 12.1 Å². The highest BCUT2D eigenvalue weighted by Gasteiger charge is 2.07. The third-order valence-electron chi connectivity index (χ3n) is 3.18. The third-order valence-corrected chi connectivity index (χ3v) is 4.18. The van der Waals surface area contributed by atoms with Crippen molar-refractivity contribution in [2.45, 2.75) is 12.8 Å². The average molecular weight is 254 g/mol. The molecular formula is C16H14OS. The van der Waals surface area contributed by atoms with E-state index in [0.29, 0.717) is 5.75 Å². The zero-order valence-corrected chi connectivity index (χ0v) is 10.8. The minimum absolute atomic E-state index is 0.400. The van der Waals surface area contributed by atoms with Crippen LogP contribution < -0.4 is 0 Å². The topological polar surface area (TPSA) is 20.2 Å². The SMILES string of the molecule is Oc1cccc2scc(CCc3ccccc3)c12. The highest BCUT2D eigenvalue weighted by Crippen LogP contribution is 2.33. The average Bonchev–Trinajstić information content (AvgIpc) is 2.82. The minimum atomic E-state index is 0.400. The van der Waals surface area contributed by atoms with Crippen molar-refractivity contribution in [2.75, 3.05) is 0 Å². The van der Waals surface area contributed by atoms with Gasteiger partial charge in [-0.1, -0.05) is 36.4 Å². The molecule has 1 N–H and O–H groups in total. The fourth-order valence-corrected chi connectivity index (χ4v) is 3.26. The molecule has 0 unspecified atom stereocenters. The van der Waals surface area contributed by atoms with E-state index in [2.05, 4.69) is 35.7 Å². The molecular weight excluding hydrogens is 240 g/mol. The van der Waals surface area contributed by atoms with Crippen LogP contribution in [0.4, 0.5) is 0 Å². The van der Waals surface area contributed by atoms with Gasteiger partial charge >= 0.3 is 0 Å². The summed E-state index contributed by atoms with van der Waals surface area (Å²) < 4.78 is 1.16. The molecule has 2 heteroatoms. The van der Waals surface area contributed by atoms with E-state index in [4.69, 9.17) is 0 Å². The molecule has 0 radical (unpaired) electrons. The normalized spacial score (nSPS) is 10.9. The van der Waals surface area contributed by atoms with E-state index >= 15 is 0 Å². The molecule has 0 amide bonds. The first kappa shape index (κ1) is 11.3. The van der Waals surface area contributed by atoms with Gasteiger partial charge < -0.3 is 5.11 Å². The van der Waals surface area contributed by atoms with Gasteiger partial charge in [-0.15, -0.1) is 11.3 Å². The van der Waals surface area contributed by atoms with Crippen molar-refractivity contribution in [1.29, 1.82) is 0 Å². The second-order valence-electron chi connectivity index (χ2n) is 4.40. The highest BCUT2D eigenvalue weighted by atomic mass is 32.1. The molecule has 90 valence electrons. The summed E-state index contributed by atoms with van der Waals surface area (Å²) in [5.41, 5.74) is 2.59. The van der Waals surface area contributed by atoms with Crippen molar-refractivity contribution in [3.63, 3.8) is 0 Å². The van der Waals surface area contributed by atoms with E-state index in [1.54, 1.807) is 17.4 Å². The number of aryl methyl sites for hydroxylation is 2. The first-order valence-electron chi connectivity index (χ1n) is 6.06. The molecule has 0 atom stereocenters. The molecule has 2 aromatic carbocycles. The molecule has 0 aliphatic rings. The molecule has 0 saturated heterocycles. The van der Waals surface area contributed by atoms with Crippen LogP contribution in [0.25, 0.3) is 10.1 Å². The van der Waals surface area contributed by atoms with Gasteiger partial charge in [0, 0.05) is 10.1 Å². The van der Waals surface area contributed by atoms with Crippen LogP contribution in [0.3, 0.4) is 0 Å². The van der Waals surface area contributed by atoms with Gasteiger partial charge in [0.05, 0.1) is 0 Å². The number of fused-ring (bicyclic) bond motifs is 1. The van der Waals surface area contributed by atoms with Crippen LogP contribution in [0.5, 0.6) is 5.75 Å². The Hall–Kier alpha value is -1.80. The maximum atomic E-state index is 9.94. The Labute approximate surface area is 110 Å². The highest BCUT2D eigenvalue weighted by molar-refractivity contribution is 7.17. The number of benzene rings is 2. The Kier molecular flexibility index (Phi) is 3.03. The maximum absolute atomic E-state index is 9.94. The quantitative estimate of drug-likeness (QED) is 0.735. The van der Waals surface area contributed by atoms with Crippen LogP contribution in [0, 0.1) is 0 Å². The molecule has 0 fully saturated rings. The lowest BCUT2D eigenvalue weighted by Gasteiger charge is -2.02. The Bertz CT molecular complexity index is 655. The number of rotatable bonds is 3. The van der Waals surface area contributed by atoms with Crippen molar-refractivity contribution in [2.24, 2.45) is 0 Å². The molecule has 0 saturated carbocycles. The second kappa shape index (κ2) is 4.83. The summed E-state index contributed by atoms with van der Waals surface area (Å²) in [5, 5.41) is 13.1. The zero-order chi connectivity index (χ0) is 12.4. The predicted molar refractivity (Wildman–Crippen MR) is 77.3 cm³/mol. The summed E-state index contributed by atoms with van der Waals surface area (Å²) in [6, 6.07) is 16.2. The molecule has 18 heavy (non-hydrogen) atoms. The number of aromatic hydroxyl groups is 1. The second-order valence-corrected chi connectivity index (χ2v) is 5.31. The minimum Gasteiger partial charge on any atom is -0.507 e. The van der Waals surface area contributed by atoms with Gasteiger partial charge in [0.15, 0.2) is 0 Å². The van der Waals surface area contributed by atoms with Crippen molar-refractivity contribution >= 4 is 21.4 Å². The Morgan fingerprint density at radius 1 is 0.889 bits per heavy atom.